The van der Waals surface area contributed by atoms with Crippen molar-refractivity contribution in [2.24, 2.45) is 0 Å². The standard InChI is InChI=1S/C15H23NO4/c1-9(2)16-14(11(4)17)20-13-7-5-12(6-8-13)10(3)15(18)19/h5-11,14,16-17H,1-4H3,(H,18,19). The summed E-state index contributed by atoms with van der Waals surface area (Å²) >= 11 is 0. The van der Waals surface area contributed by atoms with Gasteiger partial charge in [0.1, 0.15) is 11.9 Å². The molecule has 3 unspecified atom stereocenters. The van der Waals surface area contributed by atoms with Crippen molar-refractivity contribution in [3.63, 3.8) is 0 Å². The summed E-state index contributed by atoms with van der Waals surface area (Å²) in [6, 6.07) is 7.06. The van der Waals surface area contributed by atoms with Crippen LogP contribution in [0.3, 0.4) is 0 Å². The molecule has 1 rings (SSSR count). The van der Waals surface area contributed by atoms with Crippen LogP contribution in [0.15, 0.2) is 24.3 Å². The Hall–Kier alpha value is -1.59. The molecule has 0 fully saturated rings. The lowest BCUT2D eigenvalue weighted by Gasteiger charge is -2.25. The largest absolute Gasteiger partial charge is 0.481 e. The maximum Gasteiger partial charge on any atom is 0.310 e. The molecule has 0 aromatic heterocycles. The molecule has 0 heterocycles. The van der Waals surface area contributed by atoms with Gasteiger partial charge >= 0.3 is 5.97 Å². The highest BCUT2D eigenvalue weighted by Crippen LogP contribution is 2.20. The van der Waals surface area contributed by atoms with Crippen molar-refractivity contribution in [3.8, 4) is 5.75 Å². The van der Waals surface area contributed by atoms with Gasteiger partial charge in [-0.25, -0.2) is 0 Å². The second-order valence-electron chi connectivity index (χ2n) is 5.23. The van der Waals surface area contributed by atoms with Gasteiger partial charge in [0.15, 0.2) is 6.23 Å². The molecule has 112 valence electrons. The number of hydrogen-bond donors (Lipinski definition) is 3. The average Bonchev–Trinajstić information content (AvgIpc) is 2.37. The number of aliphatic carboxylic acids is 1. The van der Waals surface area contributed by atoms with Crippen LogP contribution in [0.5, 0.6) is 5.75 Å². The Bertz CT molecular complexity index is 428. The minimum Gasteiger partial charge on any atom is -0.481 e. The number of nitrogens with one attached hydrogen (secondary N) is 1. The highest BCUT2D eigenvalue weighted by molar-refractivity contribution is 5.75. The van der Waals surface area contributed by atoms with Crippen molar-refractivity contribution in [3.05, 3.63) is 29.8 Å². The molecule has 0 amide bonds. The molecule has 3 atom stereocenters. The van der Waals surface area contributed by atoms with E-state index < -0.39 is 24.2 Å². The fraction of sp³-hybridized carbons (Fsp3) is 0.533. The van der Waals surface area contributed by atoms with Crippen LogP contribution in [0.2, 0.25) is 0 Å². The van der Waals surface area contributed by atoms with E-state index in [2.05, 4.69) is 5.32 Å². The van der Waals surface area contributed by atoms with Gasteiger partial charge in [-0.15, -0.1) is 0 Å². The predicted molar refractivity (Wildman–Crippen MR) is 76.9 cm³/mol. The smallest absolute Gasteiger partial charge is 0.310 e. The first-order valence-electron chi connectivity index (χ1n) is 6.74. The van der Waals surface area contributed by atoms with Crippen LogP contribution in [0, 0.1) is 0 Å². The normalized spacial score (nSPS) is 15.7. The Labute approximate surface area is 119 Å². The molecule has 0 radical (unpaired) electrons. The van der Waals surface area contributed by atoms with E-state index >= 15 is 0 Å². The van der Waals surface area contributed by atoms with E-state index in [0.717, 1.165) is 5.56 Å². The van der Waals surface area contributed by atoms with Crippen LogP contribution < -0.4 is 10.1 Å². The number of carbonyl (C=O) groups is 1. The number of carboxylic acid groups (broad SMARTS) is 1. The van der Waals surface area contributed by atoms with Crippen molar-refractivity contribution >= 4 is 5.97 Å². The van der Waals surface area contributed by atoms with Gasteiger partial charge in [0.25, 0.3) is 0 Å². The topological polar surface area (TPSA) is 78.8 Å². The van der Waals surface area contributed by atoms with E-state index in [1.807, 2.05) is 13.8 Å². The number of rotatable bonds is 7. The average molecular weight is 281 g/mol. The fourth-order valence-corrected chi connectivity index (χ4v) is 1.72. The van der Waals surface area contributed by atoms with Crippen LogP contribution >= 0.6 is 0 Å². The molecule has 0 saturated heterocycles. The molecule has 0 aliphatic carbocycles. The third-order valence-corrected chi connectivity index (χ3v) is 2.95. The van der Waals surface area contributed by atoms with Gasteiger partial charge in [0.05, 0.1) is 5.92 Å². The molecule has 0 aliphatic rings. The molecule has 1 aromatic carbocycles. The van der Waals surface area contributed by atoms with Crippen molar-refractivity contribution in [2.75, 3.05) is 0 Å². The molecular formula is C15H23NO4. The van der Waals surface area contributed by atoms with Gasteiger partial charge in [-0.2, -0.15) is 0 Å². The van der Waals surface area contributed by atoms with Crippen LogP contribution in [-0.2, 0) is 4.79 Å². The molecule has 5 heteroatoms. The Balaban J connectivity index is 2.75. The number of aliphatic hydroxyl groups excluding tert-OH is 1. The van der Waals surface area contributed by atoms with Crippen molar-refractivity contribution in [1.29, 1.82) is 0 Å². The van der Waals surface area contributed by atoms with Gasteiger partial charge in [0.2, 0.25) is 0 Å². The highest BCUT2D eigenvalue weighted by Gasteiger charge is 2.18. The first-order valence-corrected chi connectivity index (χ1v) is 6.74. The third-order valence-electron chi connectivity index (χ3n) is 2.95. The van der Waals surface area contributed by atoms with Crippen molar-refractivity contribution in [2.45, 2.75) is 52.0 Å². The molecule has 0 bridgehead atoms. The number of hydrogen-bond acceptors (Lipinski definition) is 4. The summed E-state index contributed by atoms with van der Waals surface area (Å²) in [6.07, 6.45) is -1.16. The minimum absolute atomic E-state index is 0.181. The van der Waals surface area contributed by atoms with Gasteiger partial charge < -0.3 is 14.9 Å². The summed E-state index contributed by atoms with van der Waals surface area (Å²) in [7, 11) is 0. The van der Waals surface area contributed by atoms with E-state index in [-0.39, 0.29) is 6.04 Å². The van der Waals surface area contributed by atoms with Gasteiger partial charge in [-0.05, 0) is 45.4 Å². The summed E-state index contributed by atoms with van der Waals surface area (Å²) in [5.41, 5.74) is 0.718. The van der Waals surface area contributed by atoms with Crippen molar-refractivity contribution in [1.82, 2.24) is 5.32 Å². The molecule has 0 spiro atoms. The molecular weight excluding hydrogens is 258 g/mol. The van der Waals surface area contributed by atoms with E-state index in [1.54, 1.807) is 38.1 Å². The SMILES string of the molecule is CC(C)NC(Oc1ccc(C(C)C(=O)O)cc1)C(C)O. The minimum atomic E-state index is -0.859. The lowest BCUT2D eigenvalue weighted by atomic mass is 10.0. The first kappa shape index (κ1) is 16.5. The summed E-state index contributed by atoms with van der Waals surface area (Å²) in [4.78, 5) is 10.9. The zero-order chi connectivity index (χ0) is 15.3. The predicted octanol–water partition coefficient (Wildman–Crippen LogP) is 1.96. The summed E-state index contributed by atoms with van der Waals surface area (Å²) < 4.78 is 5.67. The molecule has 20 heavy (non-hydrogen) atoms. The number of carboxylic acids is 1. The van der Waals surface area contributed by atoms with E-state index in [4.69, 9.17) is 9.84 Å². The first-order chi connectivity index (χ1) is 9.31. The number of aliphatic hydroxyl groups is 1. The maximum atomic E-state index is 10.9. The Morgan fingerprint density at radius 1 is 1.15 bits per heavy atom. The molecule has 3 N–H and O–H groups in total. The fourth-order valence-electron chi connectivity index (χ4n) is 1.72. The number of benzene rings is 1. The quantitative estimate of drug-likeness (QED) is 0.666. The summed E-state index contributed by atoms with van der Waals surface area (Å²) in [6.45, 7) is 7.23. The second kappa shape index (κ2) is 7.26. The number of ether oxygens (including phenoxy) is 1. The van der Waals surface area contributed by atoms with Crippen LogP contribution in [0.4, 0.5) is 0 Å². The molecule has 5 nitrogen and oxygen atoms in total. The monoisotopic (exact) mass is 281 g/mol. The van der Waals surface area contributed by atoms with E-state index in [1.165, 1.54) is 0 Å². The van der Waals surface area contributed by atoms with Gasteiger partial charge in [0, 0.05) is 6.04 Å². The Morgan fingerprint density at radius 3 is 2.10 bits per heavy atom. The molecule has 0 saturated carbocycles. The molecule has 1 aromatic rings. The summed E-state index contributed by atoms with van der Waals surface area (Å²) in [5.74, 6) is -0.821. The summed E-state index contributed by atoms with van der Waals surface area (Å²) in [5, 5.41) is 21.7. The Kier molecular flexibility index (Phi) is 5.98. The second-order valence-corrected chi connectivity index (χ2v) is 5.23. The zero-order valence-electron chi connectivity index (χ0n) is 12.3. The maximum absolute atomic E-state index is 10.9. The molecule has 0 aliphatic heterocycles. The van der Waals surface area contributed by atoms with E-state index in [0.29, 0.717) is 5.75 Å². The van der Waals surface area contributed by atoms with Crippen LogP contribution in [0.1, 0.15) is 39.2 Å². The Morgan fingerprint density at radius 2 is 1.70 bits per heavy atom. The van der Waals surface area contributed by atoms with Crippen LogP contribution in [-0.4, -0.2) is 34.6 Å². The van der Waals surface area contributed by atoms with Crippen LogP contribution in [0.25, 0.3) is 0 Å². The van der Waals surface area contributed by atoms with Gasteiger partial charge in [-0.3, -0.25) is 10.1 Å². The van der Waals surface area contributed by atoms with Crippen molar-refractivity contribution < 1.29 is 19.7 Å². The van der Waals surface area contributed by atoms with Gasteiger partial charge in [-0.1, -0.05) is 12.1 Å². The van der Waals surface area contributed by atoms with E-state index in [9.17, 15) is 9.90 Å². The lowest BCUT2D eigenvalue weighted by Crippen LogP contribution is -2.46. The third kappa shape index (κ3) is 4.83. The highest BCUT2D eigenvalue weighted by atomic mass is 16.5. The lowest BCUT2D eigenvalue weighted by molar-refractivity contribution is -0.138. The zero-order valence-corrected chi connectivity index (χ0v) is 12.3.